The van der Waals surface area contributed by atoms with E-state index >= 15 is 0 Å². The molecule has 2 aliphatic rings. The van der Waals surface area contributed by atoms with Gasteiger partial charge in [-0.15, -0.1) is 0 Å². The maximum Gasteiger partial charge on any atom is 0.302 e. The number of aliphatic hydroxyl groups excluding tert-OH is 1. The first-order valence-electron chi connectivity index (χ1n) is 16.9. The van der Waals surface area contributed by atoms with Crippen molar-refractivity contribution in [1.82, 2.24) is 30.1 Å². The molecule has 2 fully saturated rings. The Morgan fingerprint density at radius 3 is 2.49 bits per heavy atom. The Morgan fingerprint density at radius 1 is 0.939 bits per heavy atom. The molecule has 2 aromatic heterocycles. The minimum Gasteiger partial charge on any atom is -0.461 e. The van der Waals surface area contributed by atoms with Crippen LogP contribution in [0.2, 0.25) is 0 Å². The lowest BCUT2D eigenvalue weighted by molar-refractivity contribution is -0.145. The number of amides is 1. The molecular weight excluding hydrogens is 620 g/mol. The van der Waals surface area contributed by atoms with Crippen molar-refractivity contribution in [3.63, 3.8) is 0 Å². The summed E-state index contributed by atoms with van der Waals surface area (Å²) in [5.74, 6) is 0.936. The van der Waals surface area contributed by atoms with Gasteiger partial charge in [0.25, 0.3) is 0 Å². The van der Waals surface area contributed by atoms with Crippen LogP contribution in [-0.4, -0.2) is 99.7 Å². The van der Waals surface area contributed by atoms with Crippen LogP contribution in [0, 0.1) is 0 Å². The van der Waals surface area contributed by atoms with Gasteiger partial charge in [-0.25, -0.2) is 15.0 Å². The van der Waals surface area contributed by atoms with Crippen LogP contribution in [0.1, 0.15) is 30.9 Å². The van der Waals surface area contributed by atoms with Crippen LogP contribution in [0.25, 0.3) is 11.3 Å². The van der Waals surface area contributed by atoms with Crippen LogP contribution in [0.3, 0.4) is 0 Å². The molecule has 2 aliphatic heterocycles. The zero-order chi connectivity index (χ0) is 34.0. The first-order valence-corrected chi connectivity index (χ1v) is 16.9. The number of carbonyl (C=O) groups excluding carboxylic acids is 2. The van der Waals surface area contributed by atoms with Gasteiger partial charge in [0.1, 0.15) is 11.9 Å². The van der Waals surface area contributed by atoms with E-state index in [1.807, 2.05) is 48.5 Å². The number of aromatic nitrogens is 3. The number of carbonyl (C=O) groups is 2. The molecule has 2 unspecified atom stereocenters. The Bertz CT molecular complexity index is 1680. The van der Waals surface area contributed by atoms with Crippen LogP contribution < -0.4 is 15.5 Å². The van der Waals surface area contributed by atoms with Crippen molar-refractivity contribution < 1.29 is 19.4 Å². The van der Waals surface area contributed by atoms with Gasteiger partial charge in [0.05, 0.1) is 25.4 Å². The standard InChI is InChI=1S/C37H44N8O4/c1-27(47)49-33-21-32(12-14-38-36(48)25-44-18-16-43(17-19-44)23-28-6-3-2-4-7-28)45(24-33)35-11-10-30(22-40-35)34-13-15-39-37(42-34)41-31-9-5-8-29(20-31)26-46/h2-11,13,15,20,22,32-33,46H,12,14,16-19,21,23-26H2,1H3,(H,38,48)(H,39,41,42). The highest BCUT2D eigenvalue weighted by Gasteiger charge is 2.34. The average Bonchev–Trinajstić information content (AvgIpc) is 3.51. The zero-order valence-corrected chi connectivity index (χ0v) is 27.9. The second-order valence-electron chi connectivity index (χ2n) is 12.6. The van der Waals surface area contributed by atoms with Gasteiger partial charge in [-0.2, -0.15) is 0 Å². The lowest BCUT2D eigenvalue weighted by Crippen LogP contribution is -2.49. The molecule has 4 heterocycles. The van der Waals surface area contributed by atoms with Crippen LogP contribution in [0.4, 0.5) is 17.5 Å². The second kappa shape index (κ2) is 16.5. The van der Waals surface area contributed by atoms with Gasteiger partial charge in [0.2, 0.25) is 11.9 Å². The number of hydrogen-bond acceptors (Lipinski definition) is 11. The Hall–Kier alpha value is -4.91. The number of nitrogens with one attached hydrogen (secondary N) is 2. The highest BCUT2D eigenvalue weighted by Crippen LogP contribution is 2.29. The number of esters is 1. The van der Waals surface area contributed by atoms with E-state index in [4.69, 9.17) is 9.72 Å². The number of benzene rings is 2. The predicted molar refractivity (Wildman–Crippen MR) is 188 cm³/mol. The topological polar surface area (TPSA) is 136 Å². The molecule has 6 rings (SSSR count). The van der Waals surface area contributed by atoms with E-state index in [-0.39, 0.29) is 30.6 Å². The minimum atomic E-state index is -0.303. The fourth-order valence-electron chi connectivity index (χ4n) is 6.50. The minimum absolute atomic E-state index is 0.0277. The van der Waals surface area contributed by atoms with E-state index in [2.05, 4.69) is 59.6 Å². The SMILES string of the molecule is CC(=O)OC1CC(CCNC(=O)CN2CCN(Cc3ccccc3)CC2)N(c2ccc(-c3ccnc(Nc4cccc(CO)c4)n3)cn2)C1. The molecule has 0 bridgehead atoms. The number of nitrogens with zero attached hydrogens (tertiary/aromatic N) is 6. The van der Waals surface area contributed by atoms with Gasteiger partial charge >= 0.3 is 5.97 Å². The summed E-state index contributed by atoms with van der Waals surface area (Å²) in [6.45, 7) is 7.39. The first kappa shape index (κ1) is 34.0. The molecule has 256 valence electrons. The van der Waals surface area contributed by atoms with E-state index in [1.54, 1.807) is 12.4 Å². The summed E-state index contributed by atoms with van der Waals surface area (Å²) in [7, 11) is 0. The van der Waals surface area contributed by atoms with Crippen LogP contribution in [0.15, 0.2) is 85.2 Å². The van der Waals surface area contributed by atoms with Gasteiger partial charge in [-0.05, 0) is 47.9 Å². The summed E-state index contributed by atoms with van der Waals surface area (Å²) in [5.41, 5.74) is 4.44. The van der Waals surface area contributed by atoms with Crippen molar-refractivity contribution in [2.75, 3.05) is 56.0 Å². The molecule has 49 heavy (non-hydrogen) atoms. The third kappa shape index (κ3) is 9.59. The highest BCUT2D eigenvalue weighted by molar-refractivity contribution is 5.78. The predicted octanol–water partition coefficient (Wildman–Crippen LogP) is 3.61. The highest BCUT2D eigenvalue weighted by atomic mass is 16.5. The number of aliphatic hydroxyl groups is 1. The lowest BCUT2D eigenvalue weighted by atomic mass is 10.1. The molecule has 0 radical (unpaired) electrons. The Balaban J connectivity index is 1.02. The summed E-state index contributed by atoms with van der Waals surface area (Å²) in [4.78, 5) is 45.2. The maximum atomic E-state index is 12.9. The van der Waals surface area contributed by atoms with Gasteiger partial charge in [-0.1, -0.05) is 42.5 Å². The smallest absolute Gasteiger partial charge is 0.302 e. The van der Waals surface area contributed by atoms with Crippen molar-refractivity contribution >= 4 is 29.3 Å². The zero-order valence-electron chi connectivity index (χ0n) is 27.9. The molecular formula is C37H44N8O4. The van der Waals surface area contributed by atoms with E-state index in [0.29, 0.717) is 44.1 Å². The monoisotopic (exact) mass is 664 g/mol. The van der Waals surface area contributed by atoms with E-state index in [1.165, 1.54) is 12.5 Å². The second-order valence-corrected chi connectivity index (χ2v) is 12.6. The number of hydrogen-bond donors (Lipinski definition) is 3. The molecule has 12 heteroatoms. The lowest BCUT2D eigenvalue weighted by Gasteiger charge is -2.34. The van der Waals surface area contributed by atoms with E-state index in [9.17, 15) is 14.7 Å². The molecule has 2 aromatic carbocycles. The Labute approximate surface area is 287 Å². The third-order valence-corrected chi connectivity index (χ3v) is 8.95. The molecule has 12 nitrogen and oxygen atoms in total. The summed E-state index contributed by atoms with van der Waals surface area (Å²) in [6, 6.07) is 23.7. The van der Waals surface area contributed by atoms with Gasteiger partial charge in [0.15, 0.2) is 0 Å². The van der Waals surface area contributed by atoms with Crippen molar-refractivity contribution in [2.45, 2.75) is 45.1 Å². The van der Waals surface area contributed by atoms with E-state index < -0.39 is 0 Å². The molecule has 2 atom stereocenters. The van der Waals surface area contributed by atoms with Crippen molar-refractivity contribution in [3.8, 4) is 11.3 Å². The van der Waals surface area contributed by atoms with Crippen molar-refractivity contribution in [1.29, 1.82) is 0 Å². The molecule has 3 N–H and O–H groups in total. The van der Waals surface area contributed by atoms with Gasteiger partial charge in [0, 0.05) is 82.3 Å². The van der Waals surface area contributed by atoms with Crippen LogP contribution >= 0.6 is 0 Å². The first-order chi connectivity index (χ1) is 23.9. The molecule has 4 aromatic rings. The fourth-order valence-corrected chi connectivity index (χ4v) is 6.50. The largest absolute Gasteiger partial charge is 0.461 e. The third-order valence-electron chi connectivity index (χ3n) is 8.95. The van der Waals surface area contributed by atoms with Crippen molar-refractivity contribution in [3.05, 3.63) is 96.3 Å². The molecule has 0 spiro atoms. The van der Waals surface area contributed by atoms with Crippen LogP contribution in [0.5, 0.6) is 0 Å². The summed E-state index contributed by atoms with van der Waals surface area (Å²) >= 11 is 0. The average molecular weight is 665 g/mol. The summed E-state index contributed by atoms with van der Waals surface area (Å²) in [6.07, 6.45) is 4.60. The van der Waals surface area contributed by atoms with Gasteiger partial charge < -0.3 is 25.4 Å². The van der Waals surface area contributed by atoms with Crippen LogP contribution in [-0.2, 0) is 27.5 Å². The van der Waals surface area contributed by atoms with Gasteiger partial charge in [-0.3, -0.25) is 19.4 Å². The number of pyridine rings is 1. The Morgan fingerprint density at radius 2 is 1.73 bits per heavy atom. The molecule has 2 saturated heterocycles. The molecule has 0 saturated carbocycles. The Kier molecular flexibility index (Phi) is 11.4. The quantitative estimate of drug-likeness (QED) is 0.181. The van der Waals surface area contributed by atoms with Crippen molar-refractivity contribution in [2.24, 2.45) is 0 Å². The number of ether oxygens (including phenoxy) is 1. The summed E-state index contributed by atoms with van der Waals surface area (Å²) in [5, 5.41) is 15.7. The molecule has 0 aliphatic carbocycles. The molecule has 1 amide bonds. The fraction of sp³-hybridized carbons (Fsp3) is 0.378. The maximum absolute atomic E-state index is 12.9. The number of piperazine rings is 1. The normalized spacial score (nSPS) is 18.3. The number of rotatable bonds is 13. The van der Waals surface area contributed by atoms with E-state index in [0.717, 1.165) is 55.4 Å². The summed E-state index contributed by atoms with van der Waals surface area (Å²) < 4.78 is 5.59. The number of anilines is 3.